The quantitative estimate of drug-likeness (QED) is 0.841. The molecule has 0 aliphatic carbocycles. The van der Waals surface area contributed by atoms with Crippen LogP contribution in [-0.2, 0) is 9.05 Å². The highest BCUT2D eigenvalue weighted by Gasteiger charge is 2.27. The number of aromatic nitrogens is 1. The summed E-state index contributed by atoms with van der Waals surface area (Å²) in [5.41, 5.74) is 4.30. The summed E-state index contributed by atoms with van der Waals surface area (Å²) < 4.78 is 46.8. The molecule has 0 bridgehead atoms. The van der Waals surface area contributed by atoms with Gasteiger partial charge in [0.2, 0.25) is 0 Å². The van der Waals surface area contributed by atoms with Crippen molar-refractivity contribution in [2.75, 3.05) is 5.73 Å². The van der Waals surface area contributed by atoms with E-state index in [9.17, 15) is 17.2 Å². The zero-order chi connectivity index (χ0) is 11.8. The van der Waals surface area contributed by atoms with Crippen LogP contribution in [0.25, 0.3) is 0 Å². The molecule has 0 amide bonds. The Hall–Kier alpha value is -0.660. The summed E-state index contributed by atoms with van der Waals surface area (Å²) in [4.78, 5) is 2.42. The SMILES string of the molecule is Nc1ncc(C(F)F)c(S(=O)(=O)Cl)c1Cl. The van der Waals surface area contributed by atoms with Crippen LogP contribution in [0.15, 0.2) is 11.1 Å². The van der Waals surface area contributed by atoms with E-state index >= 15 is 0 Å². The molecule has 0 radical (unpaired) electrons. The van der Waals surface area contributed by atoms with Crippen molar-refractivity contribution in [2.45, 2.75) is 11.3 Å². The Bertz CT molecular complexity index is 492. The van der Waals surface area contributed by atoms with Crippen LogP contribution in [-0.4, -0.2) is 13.4 Å². The van der Waals surface area contributed by atoms with Crippen molar-refractivity contribution in [3.63, 3.8) is 0 Å². The van der Waals surface area contributed by atoms with Crippen molar-refractivity contribution in [1.29, 1.82) is 0 Å². The summed E-state index contributed by atoms with van der Waals surface area (Å²) in [7, 11) is 0.565. The molecule has 0 saturated heterocycles. The fourth-order valence-electron chi connectivity index (χ4n) is 0.901. The lowest BCUT2D eigenvalue weighted by atomic mass is 10.3. The van der Waals surface area contributed by atoms with Crippen LogP contribution < -0.4 is 5.73 Å². The molecule has 0 aromatic carbocycles. The third-order valence-electron chi connectivity index (χ3n) is 1.51. The molecule has 0 atom stereocenters. The number of pyridine rings is 1. The number of anilines is 1. The first-order valence-corrected chi connectivity index (χ1v) is 6.10. The molecule has 0 aliphatic rings. The van der Waals surface area contributed by atoms with Gasteiger partial charge in [-0.25, -0.2) is 22.2 Å². The summed E-state index contributed by atoms with van der Waals surface area (Å²) in [5, 5.41) is -0.595. The third kappa shape index (κ3) is 2.47. The summed E-state index contributed by atoms with van der Waals surface area (Å²) in [5.74, 6) is -0.375. The highest BCUT2D eigenvalue weighted by Crippen LogP contribution is 2.35. The van der Waals surface area contributed by atoms with Gasteiger partial charge in [-0.1, -0.05) is 11.6 Å². The molecule has 0 aliphatic heterocycles. The molecule has 0 unspecified atom stereocenters. The van der Waals surface area contributed by atoms with Gasteiger partial charge in [0.15, 0.2) is 0 Å². The standard InChI is InChI=1S/C6H4Cl2F2N2O2S/c7-3-4(15(8,13)14)2(5(9)10)1-12-6(3)11/h1,5H,(H2,11,12). The fraction of sp³-hybridized carbons (Fsp3) is 0.167. The lowest BCUT2D eigenvalue weighted by molar-refractivity contribution is 0.147. The lowest BCUT2D eigenvalue weighted by Crippen LogP contribution is -2.04. The minimum Gasteiger partial charge on any atom is -0.382 e. The number of rotatable bonds is 2. The lowest BCUT2D eigenvalue weighted by Gasteiger charge is -2.08. The second-order valence-corrected chi connectivity index (χ2v) is 5.36. The van der Waals surface area contributed by atoms with Crippen LogP contribution in [0.5, 0.6) is 0 Å². The highest BCUT2D eigenvalue weighted by atomic mass is 35.7. The zero-order valence-corrected chi connectivity index (χ0v) is 9.24. The fourth-order valence-corrected chi connectivity index (χ4v) is 2.72. The number of hydrogen-bond acceptors (Lipinski definition) is 4. The zero-order valence-electron chi connectivity index (χ0n) is 6.92. The van der Waals surface area contributed by atoms with Gasteiger partial charge in [0.1, 0.15) is 15.7 Å². The maximum atomic E-state index is 12.4. The molecular formula is C6H4Cl2F2N2O2S. The molecule has 1 heterocycles. The second kappa shape index (κ2) is 4.07. The molecule has 2 N–H and O–H groups in total. The van der Waals surface area contributed by atoms with Gasteiger partial charge in [0.25, 0.3) is 15.5 Å². The van der Waals surface area contributed by atoms with Crippen molar-refractivity contribution < 1.29 is 17.2 Å². The Kier molecular flexibility index (Phi) is 3.37. The molecule has 0 spiro atoms. The van der Waals surface area contributed by atoms with Crippen LogP contribution in [0, 0.1) is 0 Å². The van der Waals surface area contributed by atoms with E-state index in [2.05, 4.69) is 4.98 Å². The molecule has 0 saturated carbocycles. The van der Waals surface area contributed by atoms with E-state index in [1.807, 2.05) is 0 Å². The largest absolute Gasteiger partial charge is 0.382 e. The van der Waals surface area contributed by atoms with Crippen LogP contribution in [0.1, 0.15) is 12.0 Å². The number of hydrogen-bond donors (Lipinski definition) is 1. The predicted molar refractivity (Wildman–Crippen MR) is 51.7 cm³/mol. The smallest absolute Gasteiger partial charge is 0.266 e. The van der Waals surface area contributed by atoms with Crippen molar-refractivity contribution in [1.82, 2.24) is 4.98 Å². The van der Waals surface area contributed by atoms with Gasteiger partial charge in [-0.3, -0.25) is 0 Å². The third-order valence-corrected chi connectivity index (χ3v) is 3.39. The summed E-state index contributed by atoms with van der Waals surface area (Å²) in [6.07, 6.45) is -2.43. The minimum atomic E-state index is -4.39. The van der Waals surface area contributed by atoms with Crippen LogP contribution in [0.4, 0.5) is 14.6 Å². The average molecular weight is 277 g/mol. The van der Waals surface area contributed by atoms with Crippen LogP contribution in [0.2, 0.25) is 5.02 Å². The second-order valence-electron chi connectivity index (χ2n) is 2.48. The first-order valence-electron chi connectivity index (χ1n) is 3.42. The first-order chi connectivity index (χ1) is 6.75. The van der Waals surface area contributed by atoms with Crippen LogP contribution in [0.3, 0.4) is 0 Å². The number of nitrogens with two attached hydrogens (primary N) is 1. The van der Waals surface area contributed by atoms with E-state index in [1.165, 1.54) is 0 Å². The van der Waals surface area contributed by atoms with Gasteiger partial charge in [0.05, 0.1) is 5.56 Å². The molecule has 1 aromatic heterocycles. The molecule has 15 heavy (non-hydrogen) atoms. The predicted octanol–water partition coefficient (Wildman–Crippen LogP) is 2.18. The Morgan fingerprint density at radius 1 is 1.47 bits per heavy atom. The van der Waals surface area contributed by atoms with Crippen molar-refractivity contribution in [3.8, 4) is 0 Å². The molecule has 9 heteroatoms. The normalized spacial score (nSPS) is 12.1. The van der Waals surface area contributed by atoms with E-state index in [0.29, 0.717) is 6.20 Å². The molecule has 1 aromatic rings. The molecule has 1 rings (SSSR count). The molecule has 84 valence electrons. The van der Waals surface area contributed by atoms with E-state index in [4.69, 9.17) is 28.0 Å². The van der Waals surface area contributed by atoms with Gasteiger partial charge in [0, 0.05) is 16.9 Å². The van der Waals surface area contributed by atoms with Crippen molar-refractivity contribution in [2.24, 2.45) is 0 Å². The summed E-state index contributed by atoms with van der Waals surface area (Å²) in [6, 6.07) is 0. The van der Waals surface area contributed by atoms with Crippen LogP contribution >= 0.6 is 22.3 Å². The van der Waals surface area contributed by atoms with E-state index in [1.54, 1.807) is 0 Å². The number of nitrogens with zero attached hydrogens (tertiary/aromatic N) is 1. The van der Waals surface area contributed by atoms with Crippen molar-refractivity contribution >= 4 is 37.2 Å². The summed E-state index contributed by atoms with van der Waals surface area (Å²) in [6.45, 7) is 0. The highest BCUT2D eigenvalue weighted by molar-refractivity contribution is 8.13. The van der Waals surface area contributed by atoms with Gasteiger partial charge in [-0.15, -0.1) is 0 Å². The number of alkyl halides is 2. The summed E-state index contributed by atoms with van der Waals surface area (Å²) >= 11 is 5.44. The van der Waals surface area contributed by atoms with E-state index in [-0.39, 0.29) is 5.82 Å². The van der Waals surface area contributed by atoms with E-state index < -0.39 is 31.0 Å². The number of halogens is 4. The number of nitrogen functional groups attached to an aromatic ring is 1. The van der Waals surface area contributed by atoms with Gasteiger partial charge >= 0.3 is 0 Å². The van der Waals surface area contributed by atoms with Crippen molar-refractivity contribution in [3.05, 3.63) is 16.8 Å². The average Bonchev–Trinajstić information content (AvgIpc) is 2.06. The van der Waals surface area contributed by atoms with Gasteiger partial charge in [-0.2, -0.15) is 0 Å². The maximum Gasteiger partial charge on any atom is 0.266 e. The topological polar surface area (TPSA) is 73.0 Å². The molecule has 0 fully saturated rings. The monoisotopic (exact) mass is 276 g/mol. The van der Waals surface area contributed by atoms with E-state index in [0.717, 1.165) is 0 Å². The minimum absolute atomic E-state index is 0.375. The Balaban J connectivity index is 3.65. The maximum absolute atomic E-state index is 12.4. The van der Waals surface area contributed by atoms with Gasteiger partial charge < -0.3 is 5.73 Å². The first kappa shape index (κ1) is 12.4. The Morgan fingerprint density at radius 3 is 2.40 bits per heavy atom. The molecular weight excluding hydrogens is 273 g/mol. The Labute approximate surface area is 93.4 Å². The molecule has 4 nitrogen and oxygen atoms in total. The Morgan fingerprint density at radius 2 is 2.00 bits per heavy atom. The van der Waals surface area contributed by atoms with Gasteiger partial charge in [-0.05, 0) is 0 Å².